The van der Waals surface area contributed by atoms with Gasteiger partial charge in [0.05, 0.1) is 28.7 Å². The van der Waals surface area contributed by atoms with Crippen molar-refractivity contribution in [1.82, 2.24) is 0 Å². The molecule has 0 amide bonds. The Hall–Kier alpha value is -5.12. The Bertz CT molecular complexity index is 1410. The largest absolute Gasteiger partial charge is 0.454 e. The fourth-order valence-electron chi connectivity index (χ4n) is 3.34. The van der Waals surface area contributed by atoms with Crippen molar-refractivity contribution >= 4 is 35.6 Å². The number of ether oxygens (including phenoxy) is 4. The van der Waals surface area contributed by atoms with Gasteiger partial charge in [-0.1, -0.05) is 30.9 Å². The number of hydrogen-bond donors (Lipinski definition) is 0. The highest BCUT2D eigenvalue weighted by Gasteiger charge is 2.29. The Morgan fingerprint density at radius 2 is 1.61 bits per heavy atom. The van der Waals surface area contributed by atoms with Gasteiger partial charge >= 0.3 is 29.8 Å². The number of fused-ring (bicyclic) bond motifs is 1. The molecule has 0 atom stereocenters. The number of carbonyl (C=O) groups is 6. The maximum atomic E-state index is 12.6. The van der Waals surface area contributed by atoms with Crippen LogP contribution in [0.4, 0.5) is 0 Å². The summed E-state index contributed by atoms with van der Waals surface area (Å²) < 4.78 is 19.7. The lowest BCUT2D eigenvalue weighted by atomic mass is 9.99. The maximum Gasteiger partial charge on any atom is 0.346 e. The van der Waals surface area contributed by atoms with Crippen molar-refractivity contribution in [2.45, 2.75) is 6.42 Å². The van der Waals surface area contributed by atoms with Gasteiger partial charge in [-0.15, -0.1) is 0 Å². The van der Waals surface area contributed by atoms with Crippen molar-refractivity contribution in [3.8, 4) is 11.5 Å². The van der Waals surface area contributed by atoms with E-state index in [-0.39, 0.29) is 45.8 Å². The molecule has 4 rings (SSSR count). The maximum absolute atomic E-state index is 12.6. The first-order valence-corrected chi connectivity index (χ1v) is 10.4. The van der Waals surface area contributed by atoms with Crippen LogP contribution in [-0.4, -0.2) is 42.2 Å². The van der Waals surface area contributed by atoms with Crippen molar-refractivity contribution in [2.75, 3.05) is 6.61 Å². The average molecular weight is 488 g/mol. The molecule has 0 saturated carbocycles. The molecule has 180 valence electrons. The summed E-state index contributed by atoms with van der Waals surface area (Å²) in [5.41, 5.74) is 0.170. The fraction of sp³-hybridized carbons (Fsp3) is 0.0769. The number of esters is 5. The van der Waals surface area contributed by atoms with Gasteiger partial charge in [0.1, 0.15) is 11.5 Å². The lowest BCUT2D eigenvalue weighted by Gasteiger charge is -2.15. The van der Waals surface area contributed by atoms with Crippen LogP contribution in [0.25, 0.3) is 0 Å². The number of ketones is 1. The van der Waals surface area contributed by atoms with E-state index in [0.717, 1.165) is 0 Å². The van der Waals surface area contributed by atoms with Gasteiger partial charge < -0.3 is 18.9 Å². The summed E-state index contributed by atoms with van der Waals surface area (Å²) in [5, 5.41) is 0. The molecule has 0 aliphatic carbocycles. The predicted molar refractivity (Wildman–Crippen MR) is 120 cm³/mol. The zero-order chi connectivity index (χ0) is 25.8. The van der Waals surface area contributed by atoms with Crippen molar-refractivity contribution < 1.29 is 47.7 Å². The van der Waals surface area contributed by atoms with E-state index in [4.69, 9.17) is 14.2 Å². The van der Waals surface area contributed by atoms with E-state index in [1.807, 2.05) is 0 Å². The molecule has 0 N–H and O–H groups in total. The summed E-state index contributed by atoms with van der Waals surface area (Å²) in [4.78, 5) is 71.6. The van der Waals surface area contributed by atoms with Gasteiger partial charge in [-0.25, -0.2) is 19.2 Å². The summed E-state index contributed by atoms with van der Waals surface area (Å²) in [6.07, 6.45) is 3.56. The molecule has 0 bridgehead atoms. The van der Waals surface area contributed by atoms with Crippen LogP contribution >= 0.6 is 0 Å². The second kappa shape index (κ2) is 10.0. The quantitative estimate of drug-likeness (QED) is 0.325. The Balaban J connectivity index is 1.39. The molecule has 0 spiro atoms. The van der Waals surface area contributed by atoms with E-state index in [1.165, 1.54) is 60.7 Å². The van der Waals surface area contributed by atoms with Gasteiger partial charge in [0, 0.05) is 11.6 Å². The number of benzene rings is 2. The first-order valence-electron chi connectivity index (χ1n) is 10.4. The first-order chi connectivity index (χ1) is 17.3. The summed E-state index contributed by atoms with van der Waals surface area (Å²) in [6, 6.07) is 9.64. The Morgan fingerprint density at radius 1 is 0.889 bits per heavy atom. The predicted octanol–water partition coefficient (Wildman–Crippen LogP) is 2.68. The molecule has 2 heterocycles. The molecule has 2 aromatic carbocycles. The molecule has 2 aliphatic rings. The van der Waals surface area contributed by atoms with Gasteiger partial charge in [-0.3, -0.25) is 9.59 Å². The highest BCUT2D eigenvalue weighted by atomic mass is 16.6. The third-order valence-electron chi connectivity index (χ3n) is 5.05. The molecule has 2 aromatic rings. The van der Waals surface area contributed by atoms with E-state index in [1.54, 1.807) is 0 Å². The van der Waals surface area contributed by atoms with E-state index >= 15 is 0 Å². The average Bonchev–Trinajstić information content (AvgIpc) is 3.13. The Kier molecular flexibility index (Phi) is 6.68. The summed E-state index contributed by atoms with van der Waals surface area (Å²) in [7, 11) is 0. The zero-order valence-corrected chi connectivity index (χ0v) is 18.5. The van der Waals surface area contributed by atoms with Crippen molar-refractivity contribution in [1.29, 1.82) is 0 Å². The second-order valence-corrected chi connectivity index (χ2v) is 7.41. The lowest BCUT2D eigenvalue weighted by Crippen LogP contribution is -2.24. The highest BCUT2D eigenvalue weighted by molar-refractivity contribution is 6.15. The SMILES string of the molecule is C=CC1=C(/C=C\CC(=O)Oc2cccc(OC(=O)c3ccc4c(c3)C(=O)COC4=O)c2)C(=O)OC1=O. The summed E-state index contributed by atoms with van der Waals surface area (Å²) in [6.45, 7) is 3.04. The normalized spacial score (nSPS) is 14.9. The number of carbonyl (C=O) groups excluding carboxylic acids is 6. The second-order valence-electron chi connectivity index (χ2n) is 7.41. The van der Waals surface area contributed by atoms with Crippen LogP contribution in [-0.2, 0) is 23.9 Å². The summed E-state index contributed by atoms with van der Waals surface area (Å²) >= 11 is 0. The van der Waals surface area contributed by atoms with Crippen molar-refractivity contribution in [3.63, 3.8) is 0 Å². The third-order valence-corrected chi connectivity index (χ3v) is 5.05. The van der Waals surface area contributed by atoms with Crippen LogP contribution in [0, 0.1) is 0 Å². The number of rotatable bonds is 7. The monoisotopic (exact) mass is 488 g/mol. The molecule has 2 aliphatic heterocycles. The molecule has 10 nitrogen and oxygen atoms in total. The minimum atomic E-state index is -0.836. The first kappa shape index (κ1) is 24.0. The molecule has 0 aromatic heterocycles. The van der Waals surface area contributed by atoms with Crippen LogP contribution in [0.15, 0.2) is 78.4 Å². The smallest absolute Gasteiger partial charge is 0.346 e. The van der Waals surface area contributed by atoms with Crippen LogP contribution in [0.2, 0.25) is 0 Å². The molecular formula is C26H16O10. The van der Waals surface area contributed by atoms with E-state index in [9.17, 15) is 28.8 Å². The van der Waals surface area contributed by atoms with Gasteiger partial charge in [0.25, 0.3) is 0 Å². The number of hydrogen-bond acceptors (Lipinski definition) is 10. The van der Waals surface area contributed by atoms with Gasteiger partial charge in [-0.2, -0.15) is 0 Å². The molecule has 10 heteroatoms. The topological polar surface area (TPSA) is 139 Å². The van der Waals surface area contributed by atoms with Crippen LogP contribution < -0.4 is 9.47 Å². The Labute approximate surface area is 203 Å². The van der Waals surface area contributed by atoms with Crippen molar-refractivity contribution in [3.05, 3.63) is 95.1 Å². The molecule has 0 radical (unpaired) electrons. The Morgan fingerprint density at radius 3 is 2.36 bits per heavy atom. The standard InChI is InChI=1S/C26H16O10/c1-2-17-18(26(32)36-25(17)31)7-4-8-22(28)34-15-5-3-6-16(12-15)35-23(29)14-9-10-19-20(11-14)21(27)13-33-24(19)30/h2-7,9-12H,1,8,13H2/b7-4-. The van der Waals surface area contributed by atoms with Gasteiger partial charge in [-0.05, 0) is 30.3 Å². The van der Waals surface area contributed by atoms with E-state index in [0.29, 0.717) is 0 Å². The molecule has 0 fully saturated rings. The van der Waals surface area contributed by atoms with Gasteiger partial charge in [0.15, 0.2) is 6.61 Å². The highest BCUT2D eigenvalue weighted by Crippen LogP contribution is 2.24. The van der Waals surface area contributed by atoms with Crippen LogP contribution in [0.3, 0.4) is 0 Å². The molecular weight excluding hydrogens is 472 g/mol. The van der Waals surface area contributed by atoms with Crippen LogP contribution in [0.5, 0.6) is 11.5 Å². The number of cyclic esters (lactones) is 3. The zero-order valence-electron chi connectivity index (χ0n) is 18.5. The minimum absolute atomic E-state index is 0.00219. The number of Topliss-reactive ketones (excluding diaryl/α,β-unsaturated/α-hetero) is 1. The summed E-state index contributed by atoms with van der Waals surface area (Å²) in [5.74, 6) is -4.06. The minimum Gasteiger partial charge on any atom is -0.454 e. The molecule has 0 unspecified atom stereocenters. The van der Waals surface area contributed by atoms with E-state index < -0.39 is 42.2 Å². The lowest BCUT2D eigenvalue weighted by molar-refractivity contribution is -0.150. The van der Waals surface area contributed by atoms with Gasteiger partial charge in [0.2, 0.25) is 5.78 Å². The fourth-order valence-corrected chi connectivity index (χ4v) is 3.34. The van der Waals surface area contributed by atoms with Crippen molar-refractivity contribution in [2.24, 2.45) is 0 Å². The van der Waals surface area contributed by atoms with E-state index in [2.05, 4.69) is 11.3 Å². The van der Waals surface area contributed by atoms with Crippen LogP contribution in [0.1, 0.15) is 37.5 Å². The third kappa shape index (κ3) is 5.02. The molecule has 36 heavy (non-hydrogen) atoms. The molecule has 0 saturated heterocycles.